The summed E-state index contributed by atoms with van der Waals surface area (Å²) in [5.41, 5.74) is 1.80. The third kappa shape index (κ3) is 4.89. The van der Waals surface area contributed by atoms with E-state index in [1.807, 2.05) is 18.2 Å². The molecule has 0 spiro atoms. The van der Waals surface area contributed by atoms with Crippen LogP contribution in [0.5, 0.6) is 0 Å². The number of likely N-dealkylation sites (tertiary alicyclic amines) is 1. The number of benzene rings is 1. The zero-order valence-corrected chi connectivity index (χ0v) is 14.3. The van der Waals surface area contributed by atoms with Crippen molar-refractivity contribution < 1.29 is 8.91 Å². The first-order valence-corrected chi connectivity index (χ1v) is 8.74. The van der Waals surface area contributed by atoms with Crippen LogP contribution in [-0.2, 0) is 13.0 Å². The highest BCUT2D eigenvalue weighted by Crippen LogP contribution is 2.19. The number of aromatic nitrogens is 1. The van der Waals surface area contributed by atoms with Crippen molar-refractivity contribution >= 4 is 0 Å². The van der Waals surface area contributed by atoms with E-state index in [1.54, 1.807) is 18.4 Å². The van der Waals surface area contributed by atoms with Crippen molar-refractivity contribution in [3.63, 3.8) is 0 Å². The van der Waals surface area contributed by atoms with Gasteiger partial charge < -0.3 is 14.3 Å². The Hall–Kier alpha value is -1.72. The first kappa shape index (κ1) is 17.1. The molecule has 0 bridgehead atoms. The highest BCUT2D eigenvalue weighted by molar-refractivity contribution is 5.17. The van der Waals surface area contributed by atoms with Gasteiger partial charge in [-0.15, -0.1) is 0 Å². The SMILES string of the molecule is CN(Cc1ccon1)C[C@@H]1CCCN(CCc2ccccc2F)C1. The summed E-state index contributed by atoms with van der Waals surface area (Å²) in [7, 11) is 2.13. The molecular formula is C19H26FN3O. The number of piperidine rings is 1. The molecule has 0 saturated carbocycles. The Labute approximate surface area is 143 Å². The Morgan fingerprint density at radius 3 is 3.00 bits per heavy atom. The van der Waals surface area contributed by atoms with Gasteiger partial charge in [0.2, 0.25) is 0 Å². The molecule has 0 radical (unpaired) electrons. The van der Waals surface area contributed by atoms with Crippen molar-refractivity contribution in [2.75, 3.05) is 33.2 Å². The van der Waals surface area contributed by atoms with Gasteiger partial charge in [0.1, 0.15) is 12.1 Å². The number of halogens is 1. The van der Waals surface area contributed by atoms with Gasteiger partial charge in [0.05, 0.1) is 5.69 Å². The third-order valence-corrected chi connectivity index (χ3v) is 4.75. The van der Waals surface area contributed by atoms with Crippen LogP contribution in [0.2, 0.25) is 0 Å². The minimum Gasteiger partial charge on any atom is -0.364 e. The summed E-state index contributed by atoms with van der Waals surface area (Å²) in [6.07, 6.45) is 4.89. The number of nitrogens with zero attached hydrogens (tertiary/aromatic N) is 3. The molecule has 4 nitrogen and oxygen atoms in total. The van der Waals surface area contributed by atoms with Crippen LogP contribution in [0.15, 0.2) is 41.1 Å². The van der Waals surface area contributed by atoms with Gasteiger partial charge in [0.15, 0.2) is 0 Å². The van der Waals surface area contributed by atoms with Gasteiger partial charge in [0, 0.05) is 32.2 Å². The molecular weight excluding hydrogens is 305 g/mol. The predicted molar refractivity (Wildman–Crippen MR) is 92.1 cm³/mol. The van der Waals surface area contributed by atoms with Crippen molar-refractivity contribution in [3.8, 4) is 0 Å². The molecule has 1 atom stereocenters. The lowest BCUT2D eigenvalue weighted by atomic mass is 9.97. The summed E-state index contributed by atoms with van der Waals surface area (Å²) in [5.74, 6) is 0.578. The average Bonchev–Trinajstić information content (AvgIpc) is 3.07. The first-order valence-electron chi connectivity index (χ1n) is 8.74. The van der Waals surface area contributed by atoms with E-state index in [-0.39, 0.29) is 5.82 Å². The summed E-state index contributed by atoms with van der Waals surface area (Å²) in [4.78, 5) is 4.79. The Morgan fingerprint density at radius 2 is 2.21 bits per heavy atom. The zero-order chi connectivity index (χ0) is 16.8. The summed E-state index contributed by atoms with van der Waals surface area (Å²) >= 11 is 0. The fourth-order valence-corrected chi connectivity index (χ4v) is 3.58. The molecule has 24 heavy (non-hydrogen) atoms. The molecule has 0 amide bonds. The minimum absolute atomic E-state index is 0.0848. The molecule has 1 aromatic heterocycles. The Balaban J connectivity index is 1.45. The topological polar surface area (TPSA) is 32.5 Å². The lowest BCUT2D eigenvalue weighted by Crippen LogP contribution is -2.40. The molecule has 5 heteroatoms. The normalized spacial score (nSPS) is 19.0. The van der Waals surface area contributed by atoms with E-state index in [2.05, 4.69) is 22.0 Å². The van der Waals surface area contributed by atoms with E-state index >= 15 is 0 Å². The van der Waals surface area contributed by atoms with Crippen LogP contribution in [0.4, 0.5) is 4.39 Å². The Bertz CT molecular complexity index is 617. The highest BCUT2D eigenvalue weighted by atomic mass is 19.1. The predicted octanol–water partition coefficient (Wildman–Crippen LogP) is 3.20. The molecule has 1 aliphatic heterocycles. The van der Waals surface area contributed by atoms with E-state index in [4.69, 9.17) is 4.52 Å². The van der Waals surface area contributed by atoms with Gasteiger partial charge in [0.25, 0.3) is 0 Å². The second-order valence-electron chi connectivity index (χ2n) is 6.84. The molecule has 2 aromatic rings. The Kier molecular flexibility index (Phi) is 5.99. The number of rotatable bonds is 7. The lowest BCUT2D eigenvalue weighted by Gasteiger charge is -2.34. The molecule has 1 fully saturated rings. The number of hydrogen-bond acceptors (Lipinski definition) is 4. The maximum Gasteiger partial charge on any atom is 0.126 e. The van der Waals surface area contributed by atoms with Gasteiger partial charge in [-0.2, -0.15) is 0 Å². The smallest absolute Gasteiger partial charge is 0.126 e. The molecule has 2 heterocycles. The zero-order valence-electron chi connectivity index (χ0n) is 14.3. The highest BCUT2D eigenvalue weighted by Gasteiger charge is 2.21. The Morgan fingerprint density at radius 1 is 1.33 bits per heavy atom. The molecule has 0 N–H and O–H groups in total. The van der Waals surface area contributed by atoms with Crippen molar-refractivity contribution in [1.82, 2.24) is 15.0 Å². The second-order valence-corrected chi connectivity index (χ2v) is 6.84. The van der Waals surface area contributed by atoms with Gasteiger partial charge in [-0.1, -0.05) is 23.4 Å². The molecule has 130 valence electrons. The third-order valence-electron chi connectivity index (χ3n) is 4.75. The molecule has 1 saturated heterocycles. The lowest BCUT2D eigenvalue weighted by molar-refractivity contribution is 0.141. The van der Waals surface area contributed by atoms with Crippen LogP contribution in [-0.4, -0.2) is 48.2 Å². The fourth-order valence-electron chi connectivity index (χ4n) is 3.58. The van der Waals surface area contributed by atoms with Crippen molar-refractivity contribution in [1.29, 1.82) is 0 Å². The van der Waals surface area contributed by atoms with Crippen molar-refractivity contribution in [2.24, 2.45) is 5.92 Å². The minimum atomic E-state index is -0.0848. The van der Waals surface area contributed by atoms with Crippen LogP contribution < -0.4 is 0 Å². The van der Waals surface area contributed by atoms with Crippen LogP contribution in [0, 0.1) is 11.7 Å². The molecule has 1 aliphatic rings. The summed E-state index contributed by atoms with van der Waals surface area (Å²) in [5, 5.41) is 3.97. The van der Waals surface area contributed by atoms with Crippen molar-refractivity contribution in [3.05, 3.63) is 53.7 Å². The molecule has 1 aromatic carbocycles. The standard InChI is InChI=1S/C19H26FN3O/c1-22(15-18-9-12-24-21-18)13-16-5-4-10-23(14-16)11-8-17-6-2-3-7-19(17)20/h2-3,6-7,9,12,16H,4-5,8,10-11,13-15H2,1H3/t16-/m0/s1. The fraction of sp³-hybridized carbons (Fsp3) is 0.526. The van der Waals surface area contributed by atoms with Crippen LogP contribution in [0.25, 0.3) is 0 Å². The molecule has 0 aliphatic carbocycles. The van der Waals surface area contributed by atoms with Gasteiger partial charge >= 0.3 is 0 Å². The number of hydrogen-bond donors (Lipinski definition) is 0. The first-order chi connectivity index (χ1) is 11.7. The van der Waals surface area contributed by atoms with E-state index < -0.39 is 0 Å². The summed E-state index contributed by atoms with van der Waals surface area (Å²) in [6.45, 7) is 5.03. The van der Waals surface area contributed by atoms with Crippen molar-refractivity contribution in [2.45, 2.75) is 25.8 Å². The van der Waals surface area contributed by atoms with Crippen LogP contribution >= 0.6 is 0 Å². The quantitative estimate of drug-likeness (QED) is 0.780. The molecule has 3 rings (SSSR count). The monoisotopic (exact) mass is 331 g/mol. The van der Waals surface area contributed by atoms with Gasteiger partial charge in [-0.25, -0.2) is 4.39 Å². The summed E-state index contributed by atoms with van der Waals surface area (Å²) < 4.78 is 18.6. The van der Waals surface area contributed by atoms with E-state index in [0.717, 1.165) is 50.4 Å². The van der Waals surface area contributed by atoms with E-state index in [0.29, 0.717) is 5.92 Å². The second kappa shape index (κ2) is 8.40. The van der Waals surface area contributed by atoms with Crippen LogP contribution in [0.3, 0.4) is 0 Å². The van der Waals surface area contributed by atoms with E-state index in [1.165, 1.54) is 12.8 Å². The molecule has 0 unspecified atom stereocenters. The van der Waals surface area contributed by atoms with Gasteiger partial charge in [-0.05, 0) is 50.4 Å². The van der Waals surface area contributed by atoms with E-state index in [9.17, 15) is 4.39 Å². The van der Waals surface area contributed by atoms with Crippen LogP contribution in [0.1, 0.15) is 24.1 Å². The van der Waals surface area contributed by atoms with Gasteiger partial charge in [-0.3, -0.25) is 0 Å². The maximum atomic E-state index is 13.7. The maximum absolute atomic E-state index is 13.7. The summed E-state index contributed by atoms with van der Waals surface area (Å²) in [6, 6.07) is 9.02. The average molecular weight is 331 g/mol. The largest absolute Gasteiger partial charge is 0.364 e.